The summed E-state index contributed by atoms with van der Waals surface area (Å²) in [4.78, 5) is 35.5. The molecule has 230 valence electrons. The summed E-state index contributed by atoms with van der Waals surface area (Å²) >= 11 is 20.1. The van der Waals surface area contributed by atoms with Crippen LogP contribution in [0.2, 0.25) is 10.3 Å². The van der Waals surface area contributed by atoms with Gasteiger partial charge in [-0.2, -0.15) is 10.2 Å². The molecule has 9 rings (SSSR count). The van der Waals surface area contributed by atoms with E-state index in [2.05, 4.69) is 41.8 Å². The van der Waals surface area contributed by atoms with Gasteiger partial charge < -0.3 is 9.80 Å². The Kier molecular flexibility index (Phi) is 6.43. The Hall–Kier alpha value is -4.05. The zero-order valence-electron chi connectivity index (χ0n) is 23.6. The predicted octanol–water partition coefficient (Wildman–Crippen LogP) is 5.57. The number of nitrogens with zero attached hydrogens (tertiary/aromatic N) is 12. The van der Waals surface area contributed by atoms with E-state index in [1.807, 2.05) is 54.9 Å². The molecule has 3 aliphatic rings. The smallest absolute Gasteiger partial charge is 0.315 e. The Balaban J connectivity index is 0.973. The van der Waals surface area contributed by atoms with Crippen molar-refractivity contribution in [3.05, 3.63) is 91.3 Å². The van der Waals surface area contributed by atoms with Gasteiger partial charge in [0.1, 0.15) is 12.7 Å². The highest BCUT2D eigenvalue weighted by Gasteiger charge is 2.33. The highest BCUT2D eigenvalue weighted by molar-refractivity contribution is 9.10. The summed E-state index contributed by atoms with van der Waals surface area (Å²) < 4.78 is 9.40. The number of amides is 2. The SMILES string of the molecule is O=C1N(Cc2nc3n(n2)Cc2c(Cl)ncn2-c2ccc(Br)cc2-3)CCN1Cc1nc2n(n1)Cc1c(Cl)ncn1-c1ccc(Br)cc1-2. The monoisotopic (exact) mass is 780 g/mol. The van der Waals surface area contributed by atoms with Gasteiger partial charge >= 0.3 is 6.03 Å². The topological polar surface area (TPSA) is 121 Å². The minimum Gasteiger partial charge on any atom is -0.315 e. The van der Waals surface area contributed by atoms with Crippen molar-refractivity contribution in [1.29, 1.82) is 0 Å². The molecular formula is C29H20Br2Cl2N12O. The second-order valence-corrected chi connectivity index (χ2v) is 13.7. The number of urea groups is 1. The molecule has 46 heavy (non-hydrogen) atoms. The molecule has 1 fully saturated rings. The quantitative estimate of drug-likeness (QED) is 0.229. The van der Waals surface area contributed by atoms with Crippen LogP contribution in [-0.4, -0.2) is 77.6 Å². The summed E-state index contributed by atoms with van der Waals surface area (Å²) in [7, 11) is 0. The second kappa shape index (κ2) is 10.5. The van der Waals surface area contributed by atoms with E-state index in [0.29, 0.717) is 59.8 Å². The van der Waals surface area contributed by atoms with Gasteiger partial charge in [0.2, 0.25) is 0 Å². The van der Waals surface area contributed by atoms with Crippen molar-refractivity contribution in [2.75, 3.05) is 13.1 Å². The van der Waals surface area contributed by atoms with E-state index in [-0.39, 0.29) is 19.1 Å². The second-order valence-electron chi connectivity index (χ2n) is 11.2. The first-order chi connectivity index (χ1) is 22.3. The fourth-order valence-electron chi connectivity index (χ4n) is 6.28. The Morgan fingerprint density at radius 3 is 1.61 bits per heavy atom. The minimum absolute atomic E-state index is 0.122. The van der Waals surface area contributed by atoms with Crippen molar-refractivity contribution in [2.45, 2.75) is 26.2 Å². The summed E-state index contributed by atoms with van der Waals surface area (Å²) in [6.45, 7) is 2.39. The lowest BCUT2D eigenvalue weighted by atomic mass is 10.1. The van der Waals surface area contributed by atoms with Gasteiger partial charge in [-0.3, -0.25) is 9.13 Å². The zero-order valence-corrected chi connectivity index (χ0v) is 28.3. The molecule has 4 aromatic heterocycles. The molecule has 2 aromatic carbocycles. The van der Waals surface area contributed by atoms with Crippen molar-refractivity contribution in [3.63, 3.8) is 0 Å². The minimum atomic E-state index is -0.122. The van der Waals surface area contributed by atoms with Crippen LogP contribution < -0.4 is 0 Å². The number of benzene rings is 2. The Bertz CT molecular complexity index is 2080. The summed E-state index contributed by atoms with van der Waals surface area (Å²) in [5.41, 5.74) is 5.23. The standard InChI is InChI=1S/C29H20Br2Cl2N12O/c30-15-1-3-19-17(7-15)27-36-23(38-44(27)9-21-25(32)34-13-42(19)21)11-40-5-6-41(29(40)46)12-24-37-28-18-8-16(31)2-4-20(18)43-14-35-26(33)22(43)10-45(28)39-24/h1-4,7-8,13-14H,5-6,9-12H2. The van der Waals surface area contributed by atoms with E-state index in [1.165, 1.54) is 0 Å². The third kappa shape index (κ3) is 4.43. The molecule has 7 heterocycles. The molecular weight excluding hydrogens is 763 g/mol. The molecule has 3 aliphatic heterocycles. The van der Waals surface area contributed by atoms with Crippen LogP contribution in [0.3, 0.4) is 0 Å². The maximum atomic E-state index is 13.6. The highest BCUT2D eigenvalue weighted by atomic mass is 79.9. The lowest BCUT2D eigenvalue weighted by molar-refractivity contribution is 0.187. The molecule has 0 unspecified atom stereocenters. The Morgan fingerprint density at radius 1 is 0.696 bits per heavy atom. The average molecular weight is 783 g/mol. The molecule has 0 atom stereocenters. The number of rotatable bonds is 4. The van der Waals surface area contributed by atoms with Crippen LogP contribution in [0.4, 0.5) is 4.79 Å². The van der Waals surface area contributed by atoms with Gasteiger partial charge in [-0.15, -0.1) is 0 Å². The van der Waals surface area contributed by atoms with Crippen LogP contribution >= 0.6 is 55.1 Å². The third-order valence-corrected chi connectivity index (χ3v) is 10.0. The van der Waals surface area contributed by atoms with Crippen molar-refractivity contribution >= 4 is 61.1 Å². The summed E-state index contributed by atoms with van der Waals surface area (Å²) in [6.07, 6.45) is 3.42. The largest absolute Gasteiger partial charge is 0.320 e. The van der Waals surface area contributed by atoms with Gasteiger partial charge in [-0.1, -0.05) is 55.1 Å². The van der Waals surface area contributed by atoms with Crippen LogP contribution in [-0.2, 0) is 26.2 Å². The third-order valence-electron chi connectivity index (χ3n) is 8.42. The lowest BCUT2D eigenvalue weighted by Crippen LogP contribution is -2.31. The van der Waals surface area contributed by atoms with Crippen LogP contribution in [0, 0.1) is 0 Å². The molecule has 6 aromatic rings. The van der Waals surface area contributed by atoms with Crippen LogP contribution in [0.5, 0.6) is 0 Å². The summed E-state index contributed by atoms with van der Waals surface area (Å²) in [5, 5.41) is 10.4. The number of carbonyl (C=O) groups is 1. The van der Waals surface area contributed by atoms with E-state index < -0.39 is 0 Å². The molecule has 0 N–H and O–H groups in total. The van der Waals surface area contributed by atoms with E-state index in [0.717, 1.165) is 42.8 Å². The van der Waals surface area contributed by atoms with Gasteiger partial charge in [0, 0.05) is 33.2 Å². The number of halogens is 4. The van der Waals surface area contributed by atoms with Crippen LogP contribution in [0.15, 0.2) is 58.0 Å². The molecule has 0 saturated carbocycles. The van der Waals surface area contributed by atoms with E-state index in [1.54, 1.807) is 22.5 Å². The van der Waals surface area contributed by atoms with Gasteiger partial charge in [-0.05, 0) is 36.4 Å². The number of carbonyl (C=O) groups excluding carboxylic acids is 1. The van der Waals surface area contributed by atoms with E-state index >= 15 is 0 Å². The number of fused-ring (bicyclic) bond motifs is 10. The van der Waals surface area contributed by atoms with Gasteiger partial charge in [0.25, 0.3) is 0 Å². The first-order valence-electron chi connectivity index (χ1n) is 14.3. The molecule has 17 heteroatoms. The van der Waals surface area contributed by atoms with Gasteiger partial charge in [0.15, 0.2) is 33.6 Å². The molecule has 0 aliphatic carbocycles. The van der Waals surface area contributed by atoms with Crippen molar-refractivity contribution in [1.82, 2.24) is 58.4 Å². The van der Waals surface area contributed by atoms with Gasteiger partial charge in [0.05, 0.1) is 48.9 Å². The van der Waals surface area contributed by atoms with E-state index in [9.17, 15) is 4.79 Å². The fourth-order valence-corrected chi connectivity index (χ4v) is 7.39. The summed E-state index contributed by atoms with van der Waals surface area (Å²) in [6, 6.07) is 11.8. The highest BCUT2D eigenvalue weighted by Crippen LogP contribution is 2.36. The van der Waals surface area contributed by atoms with Crippen molar-refractivity contribution in [2.24, 2.45) is 0 Å². The van der Waals surface area contributed by atoms with Crippen LogP contribution in [0.25, 0.3) is 34.2 Å². The molecule has 1 saturated heterocycles. The van der Waals surface area contributed by atoms with Crippen molar-refractivity contribution in [3.8, 4) is 34.2 Å². The molecule has 2 amide bonds. The first kappa shape index (κ1) is 28.2. The van der Waals surface area contributed by atoms with Gasteiger partial charge in [-0.25, -0.2) is 34.1 Å². The molecule has 0 bridgehead atoms. The summed E-state index contributed by atoms with van der Waals surface area (Å²) in [5.74, 6) is 2.49. The average Bonchev–Trinajstić information content (AvgIpc) is 3.84. The lowest BCUT2D eigenvalue weighted by Gasteiger charge is -2.16. The Morgan fingerprint density at radius 2 is 1.15 bits per heavy atom. The Labute approximate surface area is 287 Å². The number of imidazole rings is 2. The number of hydrogen-bond acceptors (Lipinski definition) is 7. The normalized spacial score (nSPS) is 14.7. The number of aromatic nitrogens is 10. The maximum absolute atomic E-state index is 13.6. The number of hydrogen-bond donors (Lipinski definition) is 0. The zero-order chi connectivity index (χ0) is 31.3. The molecule has 0 radical (unpaired) electrons. The van der Waals surface area contributed by atoms with E-state index in [4.69, 9.17) is 43.4 Å². The first-order valence-corrected chi connectivity index (χ1v) is 16.6. The molecule has 13 nitrogen and oxygen atoms in total. The molecule has 0 spiro atoms. The van der Waals surface area contributed by atoms with Crippen LogP contribution in [0.1, 0.15) is 23.0 Å². The fraction of sp³-hybridized carbons (Fsp3) is 0.207. The van der Waals surface area contributed by atoms with Crippen molar-refractivity contribution < 1.29 is 4.79 Å². The maximum Gasteiger partial charge on any atom is 0.320 e. The predicted molar refractivity (Wildman–Crippen MR) is 175 cm³/mol.